The zero-order valence-electron chi connectivity index (χ0n) is 13.7. The van der Waals surface area contributed by atoms with Crippen LogP contribution in [-0.2, 0) is 14.5 Å². The Labute approximate surface area is 136 Å². The Bertz CT molecular complexity index is 760. The van der Waals surface area contributed by atoms with Crippen LogP contribution in [0.15, 0.2) is 48.5 Å². The summed E-state index contributed by atoms with van der Waals surface area (Å²) in [5, 5.41) is 0.0429. The Morgan fingerprint density at radius 2 is 1.65 bits per heavy atom. The molecule has 0 heterocycles. The second kappa shape index (κ2) is 6.40. The van der Waals surface area contributed by atoms with E-state index in [1.54, 1.807) is 30.3 Å². The number of hydrogen-bond acceptors (Lipinski definition) is 3. The molecule has 0 fully saturated rings. The molecule has 2 aromatic carbocycles. The number of carbonyl (C=O) groups excluding carboxylic acids is 1. The molecule has 0 spiro atoms. The molecular weight excluding hydrogens is 311 g/mol. The van der Waals surface area contributed by atoms with E-state index in [-0.39, 0.29) is 22.1 Å². The van der Waals surface area contributed by atoms with E-state index >= 15 is 0 Å². The summed E-state index contributed by atoms with van der Waals surface area (Å²) in [6, 6.07) is 13.7. The van der Waals surface area contributed by atoms with Crippen LogP contribution in [0.5, 0.6) is 0 Å². The van der Waals surface area contributed by atoms with Crippen molar-refractivity contribution in [3.8, 4) is 0 Å². The van der Waals surface area contributed by atoms with Crippen molar-refractivity contribution >= 4 is 18.7 Å². The third kappa shape index (κ3) is 3.61. The lowest BCUT2D eigenvalue weighted by atomic mass is 9.82. The third-order valence-electron chi connectivity index (χ3n) is 3.67. The van der Waals surface area contributed by atoms with Crippen molar-refractivity contribution in [2.45, 2.75) is 26.2 Å². The van der Waals surface area contributed by atoms with Gasteiger partial charge >= 0.3 is 7.60 Å². The number of rotatable bonds is 4. The zero-order valence-corrected chi connectivity index (χ0v) is 14.6. The van der Waals surface area contributed by atoms with Crippen molar-refractivity contribution in [1.82, 2.24) is 0 Å². The van der Waals surface area contributed by atoms with E-state index in [1.807, 2.05) is 32.9 Å². The smallest absolute Gasteiger partial charge is 0.321 e. The summed E-state index contributed by atoms with van der Waals surface area (Å²) in [7, 11) is -2.89. The average molecular weight is 332 g/mol. The minimum Gasteiger partial charge on any atom is -0.321 e. The Balaban J connectivity index is 2.78. The summed E-state index contributed by atoms with van der Waals surface area (Å²) in [4.78, 5) is 23.2. The molecule has 0 aliphatic heterocycles. The van der Waals surface area contributed by atoms with E-state index in [2.05, 4.69) is 0 Å². The van der Waals surface area contributed by atoms with Gasteiger partial charge in [0, 0.05) is 18.2 Å². The fourth-order valence-electron chi connectivity index (χ4n) is 2.47. The normalized spacial score (nSPS) is 14.3. The van der Waals surface area contributed by atoms with Gasteiger partial charge in [-0.15, -0.1) is 0 Å². The minimum absolute atomic E-state index is 0.0429. The quantitative estimate of drug-likeness (QED) is 0.685. The number of hydrogen-bond donors (Lipinski definition) is 1. The molecular formula is C18H21O4P. The maximum atomic E-state index is 13.0. The van der Waals surface area contributed by atoms with Gasteiger partial charge in [0.1, 0.15) is 0 Å². The van der Waals surface area contributed by atoms with Crippen LogP contribution >= 0.6 is 7.60 Å². The highest BCUT2D eigenvalue weighted by Gasteiger charge is 2.32. The molecule has 122 valence electrons. The van der Waals surface area contributed by atoms with Crippen molar-refractivity contribution in [1.29, 1.82) is 0 Å². The van der Waals surface area contributed by atoms with E-state index < -0.39 is 7.60 Å². The van der Waals surface area contributed by atoms with E-state index in [1.165, 1.54) is 13.2 Å². The van der Waals surface area contributed by atoms with Crippen molar-refractivity contribution < 1.29 is 18.8 Å². The summed E-state index contributed by atoms with van der Waals surface area (Å²) >= 11 is 0. The number of benzene rings is 2. The van der Waals surface area contributed by atoms with E-state index in [0.717, 1.165) is 5.56 Å². The molecule has 0 saturated heterocycles. The Morgan fingerprint density at radius 1 is 1.04 bits per heavy atom. The molecule has 2 aromatic rings. The molecule has 1 atom stereocenters. The molecule has 1 N–H and O–H groups in total. The second-order valence-corrected chi connectivity index (χ2v) is 8.24. The van der Waals surface area contributed by atoms with Gasteiger partial charge in [-0.05, 0) is 17.0 Å². The van der Waals surface area contributed by atoms with Gasteiger partial charge in [0.2, 0.25) is 0 Å². The first-order valence-corrected chi connectivity index (χ1v) is 8.88. The third-order valence-corrected chi connectivity index (χ3v) is 5.14. The van der Waals surface area contributed by atoms with Gasteiger partial charge in [-0.1, -0.05) is 63.2 Å². The molecule has 4 nitrogen and oxygen atoms in total. The van der Waals surface area contributed by atoms with Crippen molar-refractivity contribution in [2.75, 3.05) is 7.11 Å². The van der Waals surface area contributed by atoms with Gasteiger partial charge in [-0.3, -0.25) is 9.36 Å². The highest BCUT2D eigenvalue weighted by molar-refractivity contribution is 7.61. The fourth-order valence-corrected chi connectivity index (χ4v) is 3.45. The molecule has 5 heteroatoms. The lowest BCUT2D eigenvalue weighted by Crippen LogP contribution is -2.25. The lowest BCUT2D eigenvalue weighted by Gasteiger charge is -2.25. The van der Waals surface area contributed by atoms with Crippen molar-refractivity contribution in [3.63, 3.8) is 0 Å². The van der Waals surface area contributed by atoms with Crippen LogP contribution in [0.1, 0.15) is 42.3 Å². The Morgan fingerprint density at radius 3 is 2.17 bits per heavy atom. The predicted octanol–water partition coefficient (Wildman–Crippen LogP) is 3.67. The minimum atomic E-state index is -4.06. The van der Waals surface area contributed by atoms with Crippen LogP contribution in [0, 0.1) is 0 Å². The summed E-state index contributed by atoms with van der Waals surface area (Å²) in [6.45, 7) is 5.88. The van der Waals surface area contributed by atoms with E-state index in [4.69, 9.17) is 4.52 Å². The van der Waals surface area contributed by atoms with Crippen LogP contribution in [0.2, 0.25) is 0 Å². The summed E-state index contributed by atoms with van der Waals surface area (Å²) < 4.78 is 17.2. The van der Waals surface area contributed by atoms with Gasteiger partial charge in [-0.2, -0.15) is 0 Å². The van der Waals surface area contributed by atoms with Crippen LogP contribution in [0.3, 0.4) is 0 Å². The highest BCUT2D eigenvalue weighted by Crippen LogP contribution is 2.42. The van der Waals surface area contributed by atoms with Crippen molar-refractivity contribution in [2.24, 2.45) is 0 Å². The Kier molecular flexibility index (Phi) is 4.90. The standard InChI is InChI=1S/C18H21O4P/c1-18(2,3)14-11-8-12-15(23(20,21)22-4)16(14)17(19)13-9-6-5-7-10-13/h5-12H,1-4H3,(H,20,21). The first kappa shape index (κ1) is 17.6. The van der Waals surface area contributed by atoms with Crippen molar-refractivity contribution in [3.05, 3.63) is 65.2 Å². The zero-order chi connectivity index (χ0) is 17.3. The SMILES string of the molecule is COP(=O)(O)c1cccc(C(C)(C)C)c1C(=O)c1ccccc1. The monoisotopic (exact) mass is 332 g/mol. The maximum absolute atomic E-state index is 13.0. The van der Waals surface area contributed by atoms with Gasteiger partial charge in [0.25, 0.3) is 0 Å². The van der Waals surface area contributed by atoms with Gasteiger partial charge < -0.3 is 9.42 Å². The molecule has 23 heavy (non-hydrogen) atoms. The van der Waals surface area contributed by atoms with Crippen LogP contribution in [-0.4, -0.2) is 17.8 Å². The first-order valence-electron chi connectivity index (χ1n) is 7.31. The number of carbonyl (C=O) groups is 1. The fraction of sp³-hybridized carbons (Fsp3) is 0.278. The second-order valence-electron chi connectivity index (χ2n) is 6.35. The maximum Gasteiger partial charge on any atom is 0.359 e. The predicted molar refractivity (Wildman–Crippen MR) is 91.5 cm³/mol. The largest absolute Gasteiger partial charge is 0.359 e. The van der Waals surface area contributed by atoms with Crippen LogP contribution < -0.4 is 5.30 Å². The highest BCUT2D eigenvalue weighted by atomic mass is 31.2. The van der Waals surface area contributed by atoms with Gasteiger partial charge in [0.15, 0.2) is 5.78 Å². The van der Waals surface area contributed by atoms with Gasteiger partial charge in [0.05, 0.1) is 5.30 Å². The van der Waals surface area contributed by atoms with Crippen LogP contribution in [0.25, 0.3) is 0 Å². The Hall–Kier alpha value is -1.74. The van der Waals surface area contributed by atoms with Crippen LogP contribution in [0.4, 0.5) is 0 Å². The molecule has 0 aliphatic rings. The summed E-state index contributed by atoms with van der Waals surface area (Å²) in [5.41, 5.74) is 1.08. The summed E-state index contributed by atoms with van der Waals surface area (Å²) in [5.74, 6) is -0.280. The molecule has 2 rings (SSSR count). The molecule has 0 saturated carbocycles. The molecule has 0 bridgehead atoms. The molecule has 0 aliphatic carbocycles. The first-order chi connectivity index (χ1) is 10.7. The van der Waals surface area contributed by atoms with E-state index in [9.17, 15) is 14.3 Å². The van der Waals surface area contributed by atoms with E-state index in [0.29, 0.717) is 5.56 Å². The summed E-state index contributed by atoms with van der Waals surface area (Å²) in [6.07, 6.45) is 0. The number of ketones is 1. The average Bonchev–Trinajstić information content (AvgIpc) is 2.53. The topological polar surface area (TPSA) is 63.6 Å². The molecule has 0 radical (unpaired) electrons. The molecule has 0 aromatic heterocycles. The molecule has 1 unspecified atom stereocenters. The lowest BCUT2D eigenvalue weighted by molar-refractivity contribution is 0.103. The molecule has 0 amide bonds. The van der Waals surface area contributed by atoms with Gasteiger partial charge in [-0.25, -0.2) is 0 Å².